The van der Waals surface area contributed by atoms with Crippen molar-refractivity contribution in [3.8, 4) is 11.1 Å². The second kappa shape index (κ2) is 4.44. The summed E-state index contributed by atoms with van der Waals surface area (Å²) in [7, 11) is 0. The molecule has 2 rings (SSSR count). The first-order chi connectivity index (χ1) is 7.96. The Bertz CT molecular complexity index is 501. The van der Waals surface area contributed by atoms with Gasteiger partial charge in [-0.3, -0.25) is 0 Å². The van der Waals surface area contributed by atoms with Crippen LogP contribution < -0.4 is 0 Å². The Balaban J connectivity index is 2.33. The highest BCUT2D eigenvalue weighted by molar-refractivity contribution is 8.00. The van der Waals surface area contributed by atoms with Crippen LogP contribution in [0.2, 0.25) is 0 Å². The summed E-state index contributed by atoms with van der Waals surface area (Å²) in [5, 5.41) is 0.00380. The van der Waals surface area contributed by atoms with Gasteiger partial charge in [0.1, 0.15) is 5.82 Å². The van der Waals surface area contributed by atoms with E-state index >= 15 is 0 Å². The van der Waals surface area contributed by atoms with E-state index in [9.17, 15) is 17.6 Å². The number of H-pyrrole nitrogens is 1. The molecule has 0 saturated heterocycles. The minimum absolute atomic E-state index is 0.00380. The van der Waals surface area contributed by atoms with Crippen LogP contribution in [0.15, 0.2) is 41.6 Å². The lowest BCUT2D eigenvalue weighted by molar-refractivity contribution is -0.0329. The number of hydrogen-bond donors (Lipinski definition) is 1. The largest absolute Gasteiger partial charge is 0.447 e. The molecule has 0 saturated carbocycles. The van der Waals surface area contributed by atoms with Crippen LogP contribution >= 0.6 is 11.8 Å². The van der Waals surface area contributed by atoms with Gasteiger partial charge in [-0.15, -0.1) is 0 Å². The molecule has 0 bridgehead atoms. The molecule has 1 aromatic heterocycles. The molecule has 90 valence electrons. The van der Waals surface area contributed by atoms with E-state index in [0.29, 0.717) is 11.1 Å². The van der Waals surface area contributed by atoms with Gasteiger partial charge < -0.3 is 4.98 Å². The Hall–Kier alpha value is -1.43. The van der Waals surface area contributed by atoms with Gasteiger partial charge in [0.25, 0.3) is 0 Å². The Morgan fingerprint density at radius 1 is 1.00 bits per heavy atom. The molecule has 2 aromatic rings. The van der Waals surface area contributed by atoms with Gasteiger partial charge in [-0.05, 0) is 23.8 Å². The molecule has 0 aliphatic heterocycles. The van der Waals surface area contributed by atoms with Crippen molar-refractivity contribution >= 4 is 11.8 Å². The predicted octanol–water partition coefficient (Wildman–Crippen LogP) is 4.43. The highest BCUT2D eigenvalue weighted by atomic mass is 32.2. The third-order valence-electron chi connectivity index (χ3n) is 2.08. The lowest BCUT2D eigenvalue weighted by Crippen LogP contribution is -1.99. The summed E-state index contributed by atoms with van der Waals surface area (Å²) in [6.45, 7) is 0. The van der Waals surface area contributed by atoms with E-state index in [1.54, 1.807) is 0 Å². The average Bonchev–Trinajstić information content (AvgIpc) is 2.64. The quantitative estimate of drug-likeness (QED) is 0.624. The zero-order valence-corrected chi connectivity index (χ0v) is 9.20. The predicted molar refractivity (Wildman–Crippen MR) is 58.1 cm³/mol. The first kappa shape index (κ1) is 12.0. The summed E-state index contributed by atoms with van der Waals surface area (Å²) in [6, 6.07) is 6.84. The minimum atomic E-state index is -4.35. The van der Waals surface area contributed by atoms with Gasteiger partial charge >= 0.3 is 5.51 Å². The maximum absolute atomic E-state index is 12.7. The molecule has 17 heavy (non-hydrogen) atoms. The smallest absolute Gasteiger partial charge is 0.356 e. The summed E-state index contributed by atoms with van der Waals surface area (Å²) in [5.74, 6) is -0.422. The maximum atomic E-state index is 12.7. The molecule has 0 aliphatic rings. The molecule has 0 fully saturated rings. The van der Waals surface area contributed by atoms with Crippen molar-refractivity contribution in [3.63, 3.8) is 0 Å². The van der Waals surface area contributed by atoms with Crippen molar-refractivity contribution in [1.82, 2.24) is 4.98 Å². The zero-order chi connectivity index (χ0) is 12.5. The van der Waals surface area contributed by atoms with E-state index in [2.05, 4.69) is 4.98 Å². The van der Waals surface area contributed by atoms with Crippen LogP contribution in [-0.4, -0.2) is 10.5 Å². The van der Waals surface area contributed by atoms with Gasteiger partial charge in [0.05, 0.1) is 5.03 Å². The van der Waals surface area contributed by atoms with Crippen molar-refractivity contribution < 1.29 is 17.6 Å². The number of aromatic amines is 1. The van der Waals surface area contributed by atoms with Gasteiger partial charge in [-0.1, -0.05) is 12.1 Å². The number of alkyl halides is 3. The van der Waals surface area contributed by atoms with E-state index in [4.69, 9.17) is 0 Å². The molecule has 0 radical (unpaired) electrons. The van der Waals surface area contributed by atoms with Crippen molar-refractivity contribution in [1.29, 1.82) is 0 Å². The minimum Gasteiger partial charge on any atom is -0.356 e. The standard InChI is InChI=1S/C11H7F4NS/c12-8-3-1-7(2-4-8)9-5-6-16-10(9)17-11(13,14)15/h1-6,16H. The van der Waals surface area contributed by atoms with E-state index < -0.39 is 11.3 Å². The van der Waals surface area contributed by atoms with Crippen LogP contribution in [0.5, 0.6) is 0 Å². The van der Waals surface area contributed by atoms with Crippen molar-refractivity contribution in [2.24, 2.45) is 0 Å². The number of halogens is 4. The number of hydrogen-bond acceptors (Lipinski definition) is 1. The SMILES string of the molecule is Fc1ccc(-c2cc[nH]c2SC(F)(F)F)cc1. The number of aromatic nitrogens is 1. The highest BCUT2D eigenvalue weighted by Crippen LogP contribution is 2.40. The summed E-state index contributed by atoms with van der Waals surface area (Å²) >= 11 is -0.216. The highest BCUT2D eigenvalue weighted by Gasteiger charge is 2.31. The topological polar surface area (TPSA) is 15.8 Å². The second-order valence-electron chi connectivity index (χ2n) is 3.28. The van der Waals surface area contributed by atoms with Crippen molar-refractivity contribution in [3.05, 3.63) is 42.3 Å². The van der Waals surface area contributed by atoms with Crippen LogP contribution in [0.3, 0.4) is 0 Å². The third-order valence-corrected chi connectivity index (χ3v) is 2.86. The zero-order valence-electron chi connectivity index (χ0n) is 8.38. The molecular formula is C11H7F4NS. The van der Waals surface area contributed by atoms with Crippen LogP contribution in [-0.2, 0) is 0 Å². The first-order valence-corrected chi connectivity index (χ1v) is 5.46. The van der Waals surface area contributed by atoms with Gasteiger partial charge in [0, 0.05) is 23.5 Å². The molecule has 0 amide bonds. The van der Waals surface area contributed by atoms with Gasteiger partial charge in [-0.2, -0.15) is 13.2 Å². The van der Waals surface area contributed by atoms with Crippen LogP contribution in [0.25, 0.3) is 11.1 Å². The van der Waals surface area contributed by atoms with Gasteiger partial charge in [-0.25, -0.2) is 4.39 Å². The first-order valence-electron chi connectivity index (χ1n) is 4.65. The fraction of sp³-hybridized carbons (Fsp3) is 0.0909. The number of rotatable bonds is 2. The average molecular weight is 261 g/mol. The number of thioether (sulfide) groups is 1. The fourth-order valence-electron chi connectivity index (χ4n) is 1.41. The third kappa shape index (κ3) is 3.03. The molecule has 0 unspecified atom stereocenters. The molecule has 1 N–H and O–H groups in total. The summed E-state index contributed by atoms with van der Waals surface area (Å²) in [6.07, 6.45) is 1.42. The van der Waals surface area contributed by atoms with Crippen LogP contribution in [0, 0.1) is 5.82 Å². The van der Waals surface area contributed by atoms with Crippen LogP contribution in [0.4, 0.5) is 17.6 Å². The molecule has 0 aliphatic carbocycles. The Morgan fingerprint density at radius 3 is 2.24 bits per heavy atom. The van der Waals surface area contributed by atoms with E-state index in [-0.39, 0.29) is 16.8 Å². The fourth-order valence-corrected chi connectivity index (χ4v) is 2.07. The van der Waals surface area contributed by atoms with Crippen molar-refractivity contribution in [2.75, 3.05) is 0 Å². The summed E-state index contributed by atoms with van der Waals surface area (Å²) < 4.78 is 49.5. The van der Waals surface area contributed by atoms with Gasteiger partial charge in [0.15, 0.2) is 0 Å². The summed E-state index contributed by atoms with van der Waals surface area (Å²) in [5.41, 5.74) is -3.40. The monoisotopic (exact) mass is 261 g/mol. The Labute approximate surface area is 98.8 Å². The number of nitrogens with one attached hydrogen (secondary N) is 1. The van der Waals surface area contributed by atoms with Gasteiger partial charge in [0.2, 0.25) is 0 Å². The Morgan fingerprint density at radius 2 is 1.65 bits per heavy atom. The van der Waals surface area contributed by atoms with E-state index in [1.807, 2.05) is 0 Å². The molecule has 1 heterocycles. The summed E-state index contributed by atoms with van der Waals surface area (Å²) in [4.78, 5) is 2.52. The second-order valence-corrected chi connectivity index (χ2v) is 4.35. The van der Waals surface area contributed by atoms with Crippen LogP contribution in [0.1, 0.15) is 0 Å². The van der Waals surface area contributed by atoms with Crippen molar-refractivity contribution in [2.45, 2.75) is 10.5 Å². The lowest BCUT2D eigenvalue weighted by atomic mass is 10.1. The Kier molecular flexibility index (Phi) is 3.15. The maximum Gasteiger partial charge on any atom is 0.447 e. The molecule has 6 heteroatoms. The molecular weight excluding hydrogens is 254 g/mol. The van der Waals surface area contributed by atoms with E-state index in [0.717, 1.165) is 0 Å². The molecule has 0 spiro atoms. The normalized spacial score (nSPS) is 11.8. The molecule has 1 nitrogen and oxygen atoms in total. The lowest BCUT2D eigenvalue weighted by Gasteiger charge is -2.06. The number of benzene rings is 1. The molecule has 0 atom stereocenters. The molecule has 1 aromatic carbocycles. The van der Waals surface area contributed by atoms with E-state index in [1.165, 1.54) is 36.5 Å².